The Morgan fingerprint density at radius 1 is 1.33 bits per heavy atom. The zero-order chi connectivity index (χ0) is 11.1. The first-order valence-electron chi connectivity index (χ1n) is 6.57. The lowest BCUT2D eigenvalue weighted by Crippen LogP contribution is -2.31. The van der Waals surface area contributed by atoms with Crippen LogP contribution in [0.3, 0.4) is 0 Å². The molecule has 1 fully saturated rings. The Hall–Kier alpha value is -0.300. The van der Waals surface area contributed by atoms with E-state index in [0.717, 1.165) is 12.6 Å². The summed E-state index contributed by atoms with van der Waals surface area (Å²) in [5.74, 6) is 0. The number of unbranched alkanes of at least 4 members (excludes halogenated alkanes) is 3. The van der Waals surface area contributed by atoms with Gasteiger partial charge in [0.25, 0.3) is 0 Å². The average molecular weight is 209 g/mol. The van der Waals surface area contributed by atoms with Crippen LogP contribution < -0.4 is 5.32 Å². The van der Waals surface area contributed by atoms with Gasteiger partial charge in [-0.2, -0.15) is 0 Å². The van der Waals surface area contributed by atoms with Crippen molar-refractivity contribution in [1.82, 2.24) is 5.32 Å². The monoisotopic (exact) mass is 209 g/mol. The van der Waals surface area contributed by atoms with Crippen molar-refractivity contribution in [1.29, 1.82) is 0 Å². The minimum absolute atomic E-state index is 0.316. The molecule has 1 saturated carbocycles. The molecule has 0 aliphatic heterocycles. The number of rotatable bonds is 9. The largest absolute Gasteiger partial charge is 0.313 e. The van der Waals surface area contributed by atoms with E-state index in [9.17, 15) is 0 Å². The molecule has 0 aromatic heterocycles. The summed E-state index contributed by atoms with van der Waals surface area (Å²) in [6.45, 7) is 9.71. The van der Waals surface area contributed by atoms with Gasteiger partial charge >= 0.3 is 0 Å². The lowest BCUT2D eigenvalue weighted by molar-refractivity contribution is 0.347. The molecule has 0 radical (unpaired) electrons. The second-order valence-corrected chi connectivity index (χ2v) is 5.32. The molecule has 1 aliphatic carbocycles. The van der Waals surface area contributed by atoms with Gasteiger partial charge in [0.2, 0.25) is 0 Å². The van der Waals surface area contributed by atoms with Crippen LogP contribution in [0, 0.1) is 5.41 Å². The summed E-state index contributed by atoms with van der Waals surface area (Å²) in [4.78, 5) is 0. The zero-order valence-corrected chi connectivity index (χ0v) is 10.5. The highest BCUT2D eigenvalue weighted by atomic mass is 15.0. The van der Waals surface area contributed by atoms with Crippen LogP contribution in [0.15, 0.2) is 12.7 Å². The fourth-order valence-corrected chi connectivity index (χ4v) is 1.88. The van der Waals surface area contributed by atoms with Gasteiger partial charge in [-0.1, -0.05) is 45.6 Å². The maximum Gasteiger partial charge on any atom is 0.00685 e. The van der Waals surface area contributed by atoms with Gasteiger partial charge in [0.15, 0.2) is 0 Å². The van der Waals surface area contributed by atoms with E-state index < -0.39 is 0 Å². The number of hydrogen-bond donors (Lipinski definition) is 1. The fourth-order valence-electron chi connectivity index (χ4n) is 1.88. The summed E-state index contributed by atoms with van der Waals surface area (Å²) < 4.78 is 0. The van der Waals surface area contributed by atoms with Gasteiger partial charge in [0.1, 0.15) is 0 Å². The highest BCUT2D eigenvalue weighted by Crippen LogP contribution is 2.27. The normalized spacial score (nSPS) is 19.9. The van der Waals surface area contributed by atoms with E-state index in [2.05, 4.69) is 31.8 Å². The van der Waals surface area contributed by atoms with E-state index in [1.807, 2.05) is 0 Å². The van der Waals surface area contributed by atoms with Crippen LogP contribution in [-0.4, -0.2) is 12.6 Å². The third-order valence-electron chi connectivity index (χ3n) is 3.47. The van der Waals surface area contributed by atoms with Crippen molar-refractivity contribution in [2.24, 2.45) is 5.41 Å². The van der Waals surface area contributed by atoms with Crippen LogP contribution in [0.4, 0.5) is 0 Å². The van der Waals surface area contributed by atoms with Crippen LogP contribution >= 0.6 is 0 Å². The summed E-state index contributed by atoms with van der Waals surface area (Å²) in [5, 5.41) is 3.62. The highest BCUT2D eigenvalue weighted by molar-refractivity contribution is 4.95. The molecule has 0 aromatic rings. The molecule has 1 N–H and O–H groups in total. The van der Waals surface area contributed by atoms with E-state index in [1.165, 1.54) is 44.9 Å². The van der Waals surface area contributed by atoms with Gasteiger partial charge in [0, 0.05) is 12.6 Å². The van der Waals surface area contributed by atoms with Gasteiger partial charge in [-0.3, -0.25) is 0 Å². The Labute approximate surface area is 95.3 Å². The molecule has 0 aromatic carbocycles. The summed E-state index contributed by atoms with van der Waals surface area (Å²) in [5.41, 5.74) is 0.316. The Bertz CT molecular complexity index is 184. The molecule has 1 unspecified atom stereocenters. The first-order chi connectivity index (χ1) is 7.20. The Morgan fingerprint density at radius 2 is 2.07 bits per heavy atom. The zero-order valence-electron chi connectivity index (χ0n) is 10.5. The summed E-state index contributed by atoms with van der Waals surface area (Å²) in [6.07, 6.45) is 11.6. The van der Waals surface area contributed by atoms with E-state index in [0.29, 0.717) is 5.41 Å². The van der Waals surface area contributed by atoms with Crippen LogP contribution in [0.25, 0.3) is 0 Å². The summed E-state index contributed by atoms with van der Waals surface area (Å²) >= 11 is 0. The first kappa shape index (κ1) is 12.8. The van der Waals surface area contributed by atoms with Crippen molar-refractivity contribution in [3.8, 4) is 0 Å². The summed E-state index contributed by atoms with van der Waals surface area (Å²) in [7, 11) is 0. The van der Waals surface area contributed by atoms with Gasteiger partial charge in [0.05, 0.1) is 0 Å². The van der Waals surface area contributed by atoms with Crippen LogP contribution in [0.1, 0.15) is 58.8 Å². The van der Waals surface area contributed by atoms with Gasteiger partial charge in [-0.15, -0.1) is 6.58 Å². The molecule has 1 nitrogen and oxygen atoms in total. The van der Waals surface area contributed by atoms with Crippen molar-refractivity contribution in [2.75, 3.05) is 6.54 Å². The lowest BCUT2D eigenvalue weighted by atomic mass is 9.84. The van der Waals surface area contributed by atoms with Crippen molar-refractivity contribution >= 4 is 0 Å². The molecule has 1 atom stereocenters. The number of nitrogens with one attached hydrogen (secondary N) is 1. The highest BCUT2D eigenvalue weighted by Gasteiger charge is 2.25. The Balaban J connectivity index is 2.14. The molecule has 1 aliphatic rings. The van der Waals surface area contributed by atoms with Gasteiger partial charge in [-0.25, -0.2) is 0 Å². The first-order valence-corrected chi connectivity index (χ1v) is 6.57. The molecule has 15 heavy (non-hydrogen) atoms. The molecule has 0 bridgehead atoms. The number of hydrogen-bond acceptors (Lipinski definition) is 1. The third-order valence-corrected chi connectivity index (χ3v) is 3.47. The second kappa shape index (κ2) is 6.32. The lowest BCUT2D eigenvalue weighted by Gasteiger charge is -2.26. The maximum absolute atomic E-state index is 3.99. The average Bonchev–Trinajstić information content (AvgIpc) is 3.06. The minimum Gasteiger partial charge on any atom is -0.313 e. The van der Waals surface area contributed by atoms with Gasteiger partial charge < -0.3 is 5.32 Å². The SMILES string of the molecule is C=CC(C)(CCCCCC)CNC1CC1. The molecule has 0 saturated heterocycles. The van der Waals surface area contributed by atoms with Crippen LogP contribution in [0.2, 0.25) is 0 Å². The topological polar surface area (TPSA) is 12.0 Å². The molecule has 0 heterocycles. The predicted molar refractivity (Wildman–Crippen MR) is 68.1 cm³/mol. The molecule has 0 amide bonds. The third kappa shape index (κ3) is 5.36. The quantitative estimate of drug-likeness (QED) is 0.448. The molecule has 1 heteroatoms. The van der Waals surface area contributed by atoms with E-state index in [-0.39, 0.29) is 0 Å². The Morgan fingerprint density at radius 3 is 2.60 bits per heavy atom. The van der Waals surface area contributed by atoms with Crippen molar-refractivity contribution < 1.29 is 0 Å². The van der Waals surface area contributed by atoms with Crippen molar-refractivity contribution in [2.45, 2.75) is 64.8 Å². The predicted octanol–water partition coefficient (Wildman–Crippen LogP) is 3.90. The minimum atomic E-state index is 0.316. The molecular weight excluding hydrogens is 182 g/mol. The molecule has 88 valence electrons. The fraction of sp³-hybridized carbons (Fsp3) is 0.857. The van der Waals surface area contributed by atoms with Crippen molar-refractivity contribution in [3.63, 3.8) is 0 Å². The van der Waals surface area contributed by atoms with Crippen molar-refractivity contribution in [3.05, 3.63) is 12.7 Å². The second-order valence-electron chi connectivity index (χ2n) is 5.32. The molecule has 1 rings (SSSR count). The van der Waals surface area contributed by atoms with Crippen LogP contribution in [0.5, 0.6) is 0 Å². The Kier molecular flexibility index (Phi) is 5.38. The van der Waals surface area contributed by atoms with E-state index in [1.54, 1.807) is 0 Å². The summed E-state index contributed by atoms with van der Waals surface area (Å²) in [6, 6.07) is 0.819. The molecular formula is C14H27N. The van der Waals surface area contributed by atoms with Crippen LogP contribution in [-0.2, 0) is 0 Å². The van der Waals surface area contributed by atoms with E-state index in [4.69, 9.17) is 0 Å². The maximum atomic E-state index is 3.99. The smallest absolute Gasteiger partial charge is 0.00685 e. The van der Waals surface area contributed by atoms with E-state index >= 15 is 0 Å². The molecule has 0 spiro atoms. The van der Waals surface area contributed by atoms with Gasteiger partial charge in [-0.05, 0) is 24.7 Å². The standard InChI is InChI=1S/C14H27N/c1-4-6-7-8-11-14(3,5-2)12-15-13-9-10-13/h5,13,15H,2,4,6-12H2,1,3H3.